The van der Waals surface area contributed by atoms with Crippen molar-refractivity contribution in [2.75, 3.05) is 0 Å². The third-order valence-electron chi connectivity index (χ3n) is 3.12. The van der Waals surface area contributed by atoms with Crippen molar-refractivity contribution < 1.29 is 8.42 Å². The van der Waals surface area contributed by atoms with Crippen LogP contribution in [0.3, 0.4) is 0 Å². The van der Waals surface area contributed by atoms with Gasteiger partial charge in [-0.2, -0.15) is 11.3 Å². The summed E-state index contributed by atoms with van der Waals surface area (Å²) in [7, 11) is -3.72. The second-order valence-corrected chi connectivity index (χ2v) is 7.54. The summed E-state index contributed by atoms with van der Waals surface area (Å²) in [4.78, 5) is 8.58. The highest BCUT2D eigenvalue weighted by Gasteiger charge is 2.18. The van der Waals surface area contributed by atoms with Crippen LogP contribution < -0.4 is 4.72 Å². The predicted molar refractivity (Wildman–Crippen MR) is 90.8 cm³/mol. The first-order valence-corrected chi connectivity index (χ1v) is 9.45. The number of sulfonamides is 1. The van der Waals surface area contributed by atoms with Crippen molar-refractivity contribution >= 4 is 33.0 Å². The van der Waals surface area contributed by atoms with Crippen molar-refractivity contribution in [2.24, 2.45) is 0 Å². The Morgan fingerprint density at radius 1 is 1.13 bits per heavy atom. The number of hydrogen-bond acceptors (Lipinski definition) is 5. The maximum atomic E-state index is 12.4. The Hall–Kier alpha value is -1.80. The van der Waals surface area contributed by atoms with Gasteiger partial charge in [-0.1, -0.05) is 23.7 Å². The van der Waals surface area contributed by atoms with Gasteiger partial charge in [-0.3, -0.25) is 9.97 Å². The molecule has 0 aliphatic rings. The quantitative estimate of drug-likeness (QED) is 0.752. The third-order valence-corrected chi connectivity index (χ3v) is 5.71. The fourth-order valence-corrected chi connectivity index (χ4v) is 4.19. The van der Waals surface area contributed by atoms with Crippen molar-refractivity contribution in [3.8, 4) is 11.3 Å². The summed E-state index contributed by atoms with van der Waals surface area (Å²) in [6.07, 6.45) is 3.12. The van der Waals surface area contributed by atoms with Crippen molar-refractivity contribution in [3.63, 3.8) is 0 Å². The molecule has 0 saturated carbocycles. The molecule has 2 aromatic heterocycles. The maximum absolute atomic E-state index is 12.4. The van der Waals surface area contributed by atoms with E-state index >= 15 is 0 Å². The van der Waals surface area contributed by atoms with Crippen LogP contribution >= 0.6 is 22.9 Å². The molecule has 0 unspecified atom stereocenters. The Bertz CT molecular complexity index is 912. The topological polar surface area (TPSA) is 72.0 Å². The van der Waals surface area contributed by atoms with Gasteiger partial charge in [-0.25, -0.2) is 13.1 Å². The van der Waals surface area contributed by atoms with Crippen molar-refractivity contribution in [1.82, 2.24) is 14.7 Å². The predicted octanol–water partition coefficient (Wildman–Crippen LogP) is 3.34. The SMILES string of the molecule is O=S(=O)(NCc1nccnc1-c1ccsc1)c1ccccc1Cl. The average Bonchev–Trinajstić information content (AvgIpc) is 3.08. The monoisotopic (exact) mass is 365 g/mol. The molecule has 0 aliphatic carbocycles. The highest BCUT2D eigenvalue weighted by atomic mass is 35.5. The van der Waals surface area contributed by atoms with Gasteiger partial charge in [0.15, 0.2) is 0 Å². The van der Waals surface area contributed by atoms with Gasteiger partial charge in [0.25, 0.3) is 0 Å². The van der Waals surface area contributed by atoms with Crippen LogP contribution in [0, 0.1) is 0 Å². The van der Waals surface area contributed by atoms with Crippen LogP contribution in [-0.4, -0.2) is 18.4 Å². The average molecular weight is 366 g/mol. The molecule has 0 bridgehead atoms. The molecule has 3 aromatic rings. The van der Waals surface area contributed by atoms with Crippen LogP contribution in [0.1, 0.15) is 5.69 Å². The van der Waals surface area contributed by atoms with E-state index in [9.17, 15) is 8.42 Å². The summed E-state index contributed by atoms with van der Waals surface area (Å²) in [5.41, 5.74) is 2.13. The molecule has 0 atom stereocenters. The Morgan fingerprint density at radius 2 is 1.91 bits per heavy atom. The normalized spacial score (nSPS) is 11.5. The number of aromatic nitrogens is 2. The molecule has 1 N–H and O–H groups in total. The molecule has 0 fully saturated rings. The van der Waals surface area contributed by atoms with Crippen LogP contribution in [0.4, 0.5) is 0 Å². The Labute approximate surface area is 143 Å². The molecule has 23 heavy (non-hydrogen) atoms. The summed E-state index contributed by atoms with van der Waals surface area (Å²) < 4.78 is 27.3. The standard InChI is InChI=1S/C15H12ClN3O2S2/c16-12-3-1-2-4-14(12)23(20,21)19-9-13-15(18-7-6-17-13)11-5-8-22-10-11/h1-8,10,19H,9H2. The fourth-order valence-electron chi connectivity index (χ4n) is 2.04. The van der Waals surface area contributed by atoms with Gasteiger partial charge in [0, 0.05) is 23.3 Å². The molecule has 0 radical (unpaired) electrons. The number of nitrogens with one attached hydrogen (secondary N) is 1. The van der Waals surface area contributed by atoms with Crippen LogP contribution in [0.25, 0.3) is 11.3 Å². The highest BCUT2D eigenvalue weighted by Crippen LogP contribution is 2.23. The van der Waals surface area contributed by atoms with Gasteiger partial charge in [-0.05, 0) is 23.6 Å². The summed E-state index contributed by atoms with van der Waals surface area (Å²) in [5.74, 6) is 0. The number of halogens is 1. The van der Waals surface area contributed by atoms with Gasteiger partial charge < -0.3 is 0 Å². The van der Waals surface area contributed by atoms with E-state index in [0.29, 0.717) is 11.4 Å². The van der Waals surface area contributed by atoms with E-state index in [0.717, 1.165) is 5.56 Å². The lowest BCUT2D eigenvalue weighted by Gasteiger charge is -2.09. The Balaban J connectivity index is 1.86. The first-order chi connectivity index (χ1) is 11.1. The number of thiophene rings is 1. The van der Waals surface area contributed by atoms with E-state index in [1.807, 2.05) is 16.8 Å². The van der Waals surface area contributed by atoms with Gasteiger partial charge in [-0.15, -0.1) is 0 Å². The van der Waals surface area contributed by atoms with Crippen LogP contribution in [-0.2, 0) is 16.6 Å². The van der Waals surface area contributed by atoms with Gasteiger partial charge in [0.2, 0.25) is 10.0 Å². The summed E-state index contributed by atoms with van der Waals surface area (Å²) >= 11 is 7.50. The van der Waals surface area contributed by atoms with Crippen molar-refractivity contribution in [1.29, 1.82) is 0 Å². The van der Waals surface area contributed by atoms with Gasteiger partial charge in [0.05, 0.1) is 23.0 Å². The second kappa shape index (κ2) is 6.76. The first-order valence-electron chi connectivity index (χ1n) is 6.64. The van der Waals surface area contributed by atoms with Crippen LogP contribution in [0.15, 0.2) is 58.4 Å². The lowest BCUT2D eigenvalue weighted by molar-refractivity contribution is 0.580. The highest BCUT2D eigenvalue weighted by molar-refractivity contribution is 7.89. The lowest BCUT2D eigenvalue weighted by Crippen LogP contribution is -2.24. The molecule has 118 valence electrons. The van der Waals surface area contributed by atoms with E-state index in [1.165, 1.54) is 18.3 Å². The first kappa shape index (κ1) is 16.1. The maximum Gasteiger partial charge on any atom is 0.242 e. The van der Waals surface area contributed by atoms with Gasteiger partial charge in [0.1, 0.15) is 4.90 Å². The van der Waals surface area contributed by atoms with Crippen molar-refractivity contribution in [2.45, 2.75) is 11.4 Å². The largest absolute Gasteiger partial charge is 0.256 e. The smallest absolute Gasteiger partial charge is 0.242 e. The summed E-state index contributed by atoms with van der Waals surface area (Å²) in [6.45, 7) is 0.0343. The molecule has 1 aromatic carbocycles. The zero-order valence-electron chi connectivity index (χ0n) is 11.8. The number of rotatable bonds is 5. The Morgan fingerprint density at radius 3 is 2.65 bits per heavy atom. The van der Waals surface area contributed by atoms with E-state index in [1.54, 1.807) is 29.7 Å². The molecular weight excluding hydrogens is 354 g/mol. The molecular formula is C15H12ClN3O2S2. The van der Waals surface area contributed by atoms with E-state index in [4.69, 9.17) is 11.6 Å². The number of nitrogens with zero attached hydrogens (tertiary/aromatic N) is 2. The minimum Gasteiger partial charge on any atom is -0.256 e. The minimum atomic E-state index is -3.72. The molecule has 0 amide bonds. The van der Waals surface area contributed by atoms with E-state index < -0.39 is 10.0 Å². The van der Waals surface area contributed by atoms with E-state index in [2.05, 4.69) is 14.7 Å². The van der Waals surface area contributed by atoms with Crippen molar-refractivity contribution in [3.05, 3.63) is 64.2 Å². The molecule has 3 rings (SSSR count). The number of hydrogen-bond donors (Lipinski definition) is 1. The molecule has 5 nitrogen and oxygen atoms in total. The molecule has 0 saturated heterocycles. The third kappa shape index (κ3) is 3.59. The molecule has 0 aliphatic heterocycles. The van der Waals surface area contributed by atoms with Gasteiger partial charge >= 0.3 is 0 Å². The molecule has 8 heteroatoms. The molecule has 0 spiro atoms. The zero-order valence-corrected chi connectivity index (χ0v) is 14.2. The minimum absolute atomic E-state index is 0.0343. The van der Waals surface area contributed by atoms with Crippen LogP contribution in [0.5, 0.6) is 0 Å². The zero-order chi connectivity index (χ0) is 16.3. The Kier molecular flexibility index (Phi) is 4.72. The summed E-state index contributed by atoms with van der Waals surface area (Å²) in [5, 5.41) is 4.05. The fraction of sp³-hybridized carbons (Fsp3) is 0.0667. The second-order valence-electron chi connectivity index (χ2n) is 4.62. The summed E-state index contributed by atoms with van der Waals surface area (Å²) in [6, 6.07) is 8.22. The molecule has 2 heterocycles. The number of benzene rings is 1. The van der Waals surface area contributed by atoms with Crippen LogP contribution in [0.2, 0.25) is 5.02 Å². The lowest BCUT2D eigenvalue weighted by atomic mass is 10.2. The van der Waals surface area contributed by atoms with E-state index in [-0.39, 0.29) is 16.5 Å².